The largest absolute Gasteiger partial charge is 0.0999 e. The Morgan fingerprint density at radius 2 is 2.00 bits per heavy atom. The average Bonchev–Trinajstić information content (AvgIpc) is 2.14. The summed E-state index contributed by atoms with van der Waals surface area (Å²) in [4.78, 5) is 0. The normalized spacial score (nSPS) is 10.3. The van der Waals surface area contributed by atoms with Crippen LogP contribution in [0.25, 0.3) is 0 Å². The Morgan fingerprint density at radius 1 is 1.27 bits per heavy atom. The van der Waals surface area contributed by atoms with Gasteiger partial charge in [-0.3, -0.25) is 0 Å². The summed E-state index contributed by atoms with van der Waals surface area (Å²) in [5, 5.41) is 0.839. The second kappa shape index (κ2) is 5.97. The lowest BCUT2D eigenvalue weighted by Gasteiger charge is -2.06. The van der Waals surface area contributed by atoms with Gasteiger partial charge in [-0.05, 0) is 49.4 Å². The molecule has 0 saturated carbocycles. The molecule has 1 heteroatoms. The fraction of sp³-hybridized carbons (Fsp3) is 0.429. The van der Waals surface area contributed by atoms with Gasteiger partial charge in [-0.2, -0.15) is 0 Å². The predicted octanol–water partition coefficient (Wildman–Crippen LogP) is 4.94. The Balaban J connectivity index is 2.54. The van der Waals surface area contributed by atoms with Crippen molar-refractivity contribution in [2.24, 2.45) is 0 Å². The zero-order valence-corrected chi connectivity index (χ0v) is 10.4. The number of aryl methyl sites for hydroxylation is 2. The maximum Gasteiger partial charge on any atom is 0.0411 e. The van der Waals surface area contributed by atoms with E-state index in [-0.39, 0.29) is 0 Å². The van der Waals surface area contributed by atoms with Crippen LogP contribution in [0.15, 0.2) is 30.4 Å². The van der Waals surface area contributed by atoms with E-state index in [0.717, 1.165) is 24.3 Å². The molecule has 1 aromatic rings. The van der Waals surface area contributed by atoms with Crippen molar-refractivity contribution in [2.45, 2.75) is 39.5 Å². The summed E-state index contributed by atoms with van der Waals surface area (Å²) < 4.78 is 0. The molecule has 0 amide bonds. The first kappa shape index (κ1) is 12.3. The van der Waals surface area contributed by atoms with Crippen molar-refractivity contribution >= 4 is 11.6 Å². The Hall–Kier alpha value is -0.750. The molecule has 0 aliphatic carbocycles. The van der Waals surface area contributed by atoms with Crippen LogP contribution in [0.2, 0.25) is 5.02 Å². The van der Waals surface area contributed by atoms with Crippen LogP contribution in [0.3, 0.4) is 0 Å². The predicted molar refractivity (Wildman–Crippen MR) is 68.6 cm³/mol. The van der Waals surface area contributed by atoms with E-state index in [1.54, 1.807) is 0 Å². The maximum atomic E-state index is 6.00. The highest BCUT2D eigenvalue weighted by Gasteiger charge is 1.99. The van der Waals surface area contributed by atoms with Crippen molar-refractivity contribution in [3.05, 3.63) is 46.5 Å². The fourth-order valence-corrected chi connectivity index (χ4v) is 2.07. The second-order valence-electron chi connectivity index (χ2n) is 4.14. The molecule has 0 N–H and O–H groups in total. The molecule has 82 valence electrons. The van der Waals surface area contributed by atoms with Crippen LogP contribution in [0.5, 0.6) is 0 Å². The molecule has 0 fully saturated rings. The van der Waals surface area contributed by atoms with E-state index in [2.05, 4.69) is 26.5 Å². The smallest absolute Gasteiger partial charge is 0.0411 e. The lowest BCUT2D eigenvalue weighted by atomic mass is 10.0. The molecule has 0 aromatic heterocycles. The number of rotatable bonds is 5. The van der Waals surface area contributed by atoms with Gasteiger partial charge in [-0.1, -0.05) is 43.2 Å². The quantitative estimate of drug-likeness (QED) is 0.620. The topological polar surface area (TPSA) is 0 Å². The minimum absolute atomic E-state index is 0.839. The fourth-order valence-electron chi connectivity index (χ4n) is 1.76. The zero-order chi connectivity index (χ0) is 11.3. The molecule has 0 spiro atoms. The van der Waals surface area contributed by atoms with Crippen LogP contribution >= 0.6 is 11.6 Å². The number of benzene rings is 1. The van der Waals surface area contributed by atoms with Crippen molar-refractivity contribution in [2.75, 3.05) is 0 Å². The third kappa shape index (κ3) is 4.53. The van der Waals surface area contributed by atoms with E-state index in [4.69, 9.17) is 11.6 Å². The van der Waals surface area contributed by atoms with Crippen LogP contribution in [0, 0.1) is 6.92 Å². The summed E-state index contributed by atoms with van der Waals surface area (Å²) in [5.74, 6) is 0. The Morgan fingerprint density at radius 3 is 2.60 bits per heavy atom. The van der Waals surface area contributed by atoms with Gasteiger partial charge in [0.2, 0.25) is 0 Å². The SMILES string of the molecule is C=C(CCC)CCc1cc(C)cc(Cl)c1. The summed E-state index contributed by atoms with van der Waals surface area (Å²) in [6.45, 7) is 8.34. The van der Waals surface area contributed by atoms with Gasteiger partial charge in [0.05, 0.1) is 0 Å². The van der Waals surface area contributed by atoms with Gasteiger partial charge in [0, 0.05) is 5.02 Å². The van der Waals surface area contributed by atoms with E-state index in [0.29, 0.717) is 0 Å². The molecule has 0 atom stereocenters. The molecular formula is C14H19Cl. The van der Waals surface area contributed by atoms with Crippen molar-refractivity contribution < 1.29 is 0 Å². The molecule has 0 bridgehead atoms. The molecule has 0 aliphatic heterocycles. The average molecular weight is 223 g/mol. The maximum absolute atomic E-state index is 6.00. The molecule has 0 unspecified atom stereocenters. The molecule has 0 saturated heterocycles. The van der Waals surface area contributed by atoms with Gasteiger partial charge in [0.15, 0.2) is 0 Å². The van der Waals surface area contributed by atoms with Crippen LogP contribution in [0.4, 0.5) is 0 Å². The number of hydrogen-bond donors (Lipinski definition) is 0. The van der Waals surface area contributed by atoms with Crippen LogP contribution < -0.4 is 0 Å². The van der Waals surface area contributed by atoms with Crippen molar-refractivity contribution in [1.82, 2.24) is 0 Å². The summed E-state index contributed by atoms with van der Waals surface area (Å²) in [6, 6.07) is 6.24. The zero-order valence-electron chi connectivity index (χ0n) is 9.65. The summed E-state index contributed by atoms with van der Waals surface area (Å²) >= 11 is 6.00. The number of halogens is 1. The highest BCUT2D eigenvalue weighted by atomic mass is 35.5. The monoisotopic (exact) mass is 222 g/mol. The van der Waals surface area contributed by atoms with E-state index < -0.39 is 0 Å². The van der Waals surface area contributed by atoms with Crippen molar-refractivity contribution in [1.29, 1.82) is 0 Å². The molecule has 0 nitrogen and oxygen atoms in total. The van der Waals surface area contributed by atoms with Gasteiger partial charge in [0.25, 0.3) is 0 Å². The van der Waals surface area contributed by atoms with Crippen molar-refractivity contribution in [3.8, 4) is 0 Å². The highest BCUT2D eigenvalue weighted by molar-refractivity contribution is 6.30. The molecule has 1 rings (SSSR count). The first-order chi connectivity index (χ1) is 7.11. The van der Waals surface area contributed by atoms with Gasteiger partial charge in [-0.25, -0.2) is 0 Å². The Labute approximate surface area is 98.0 Å². The van der Waals surface area contributed by atoms with Gasteiger partial charge in [0.1, 0.15) is 0 Å². The number of allylic oxidation sites excluding steroid dienone is 1. The standard InChI is InChI=1S/C14H19Cl/c1-4-5-11(2)6-7-13-8-12(3)9-14(15)10-13/h8-10H,2,4-7H2,1,3H3. The van der Waals surface area contributed by atoms with E-state index >= 15 is 0 Å². The first-order valence-electron chi connectivity index (χ1n) is 5.54. The van der Waals surface area contributed by atoms with E-state index in [9.17, 15) is 0 Å². The van der Waals surface area contributed by atoms with Gasteiger partial charge >= 0.3 is 0 Å². The van der Waals surface area contributed by atoms with Gasteiger partial charge < -0.3 is 0 Å². The second-order valence-corrected chi connectivity index (χ2v) is 4.57. The minimum Gasteiger partial charge on any atom is -0.0999 e. The Kier molecular flexibility index (Phi) is 4.90. The van der Waals surface area contributed by atoms with Gasteiger partial charge in [-0.15, -0.1) is 0 Å². The highest BCUT2D eigenvalue weighted by Crippen LogP contribution is 2.18. The molecular weight excluding hydrogens is 204 g/mol. The lowest BCUT2D eigenvalue weighted by Crippen LogP contribution is -1.89. The van der Waals surface area contributed by atoms with Crippen LogP contribution in [0.1, 0.15) is 37.3 Å². The van der Waals surface area contributed by atoms with E-state index in [1.807, 2.05) is 12.1 Å². The molecule has 0 radical (unpaired) electrons. The molecule has 1 aromatic carbocycles. The summed E-state index contributed by atoms with van der Waals surface area (Å²) in [7, 11) is 0. The lowest BCUT2D eigenvalue weighted by molar-refractivity contribution is 0.822. The van der Waals surface area contributed by atoms with Crippen LogP contribution in [-0.4, -0.2) is 0 Å². The van der Waals surface area contributed by atoms with Crippen LogP contribution in [-0.2, 0) is 6.42 Å². The first-order valence-corrected chi connectivity index (χ1v) is 5.92. The summed E-state index contributed by atoms with van der Waals surface area (Å²) in [6.07, 6.45) is 4.46. The molecule has 0 aliphatic rings. The molecule has 0 heterocycles. The Bertz CT molecular complexity index is 319. The van der Waals surface area contributed by atoms with E-state index in [1.165, 1.54) is 23.1 Å². The minimum atomic E-state index is 0.839. The summed E-state index contributed by atoms with van der Waals surface area (Å²) in [5.41, 5.74) is 3.89. The third-order valence-electron chi connectivity index (χ3n) is 2.47. The molecule has 15 heavy (non-hydrogen) atoms. The van der Waals surface area contributed by atoms with Crippen molar-refractivity contribution in [3.63, 3.8) is 0 Å². The third-order valence-corrected chi connectivity index (χ3v) is 2.69. The number of hydrogen-bond acceptors (Lipinski definition) is 0.